The van der Waals surface area contributed by atoms with Crippen LogP contribution in [-0.4, -0.2) is 38.4 Å². The van der Waals surface area contributed by atoms with E-state index in [2.05, 4.69) is 9.82 Å². The number of para-hydroxylation sites is 2. The van der Waals surface area contributed by atoms with Gasteiger partial charge in [0.15, 0.2) is 5.76 Å². The number of furan rings is 1. The Kier molecular flexibility index (Phi) is 5.51. The summed E-state index contributed by atoms with van der Waals surface area (Å²) in [5.74, 6) is 0.354. The van der Waals surface area contributed by atoms with Crippen molar-refractivity contribution in [3.8, 4) is 5.75 Å². The normalized spacial score (nSPS) is 16.1. The summed E-state index contributed by atoms with van der Waals surface area (Å²) in [5, 5.41) is 5.94. The highest BCUT2D eigenvalue weighted by Crippen LogP contribution is 2.39. The number of rotatable bonds is 6. The lowest BCUT2D eigenvalue weighted by atomic mass is 9.96. The number of methoxy groups -OCH3 is 1. The van der Waals surface area contributed by atoms with Crippen LogP contribution in [-0.2, 0) is 10.0 Å². The van der Waals surface area contributed by atoms with Gasteiger partial charge in [-0.3, -0.25) is 9.52 Å². The number of anilines is 1. The lowest BCUT2D eigenvalue weighted by molar-refractivity contribution is 0.0679. The quantitative estimate of drug-likeness (QED) is 0.632. The predicted molar refractivity (Wildman–Crippen MR) is 117 cm³/mol. The molecule has 1 aromatic heterocycles. The summed E-state index contributed by atoms with van der Waals surface area (Å²) in [5.41, 5.74) is 2.43. The van der Waals surface area contributed by atoms with Crippen LogP contribution in [0, 0.1) is 0 Å². The van der Waals surface area contributed by atoms with E-state index in [1.54, 1.807) is 43.5 Å². The summed E-state index contributed by atoms with van der Waals surface area (Å²) in [7, 11) is -1.94. The van der Waals surface area contributed by atoms with Gasteiger partial charge in [0, 0.05) is 17.5 Å². The maximum Gasteiger partial charge on any atom is 0.310 e. The molecule has 8 nitrogen and oxygen atoms in total. The van der Waals surface area contributed by atoms with Gasteiger partial charge in [-0.2, -0.15) is 5.10 Å². The van der Waals surface area contributed by atoms with Crippen LogP contribution in [0.2, 0.25) is 0 Å². The second-order valence-electron chi connectivity index (χ2n) is 7.06. The van der Waals surface area contributed by atoms with Crippen molar-refractivity contribution < 1.29 is 22.4 Å². The molecule has 1 aliphatic heterocycles. The van der Waals surface area contributed by atoms with Crippen LogP contribution in [0.1, 0.15) is 34.1 Å². The third-order valence-corrected chi connectivity index (χ3v) is 5.47. The first-order valence-corrected chi connectivity index (χ1v) is 11.4. The molecule has 160 valence electrons. The monoisotopic (exact) mass is 439 g/mol. The molecule has 2 aromatic carbocycles. The van der Waals surface area contributed by atoms with Gasteiger partial charge in [-0.15, -0.1) is 0 Å². The van der Waals surface area contributed by atoms with Gasteiger partial charge in [0.25, 0.3) is 0 Å². The van der Waals surface area contributed by atoms with Crippen LogP contribution in [0.5, 0.6) is 5.75 Å². The van der Waals surface area contributed by atoms with Crippen LogP contribution in [0.4, 0.5) is 5.69 Å². The van der Waals surface area contributed by atoms with Crippen molar-refractivity contribution in [1.82, 2.24) is 5.01 Å². The molecule has 0 saturated heterocycles. The first kappa shape index (κ1) is 20.7. The highest BCUT2D eigenvalue weighted by molar-refractivity contribution is 7.92. The number of hydrogen-bond donors (Lipinski definition) is 1. The van der Waals surface area contributed by atoms with E-state index in [1.165, 1.54) is 11.3 Å². The van der Waals surface area contributed by atoms with Gasteiger partial charge in [0.2, 0.25) is 10.0 Å². The largest absolute Gasteiger partial charge is 0.496 e. The van der Waals surface area contributed by atoms with Crippen molar-refractivity contribution in [1.29, 1.82) is 0 Å². The van der Waals surface area contributed by atoms with E-state index in [0.29, 0.717) is 29.1 Å². The number of carbonyl (C=O) groups is 1. The van der Waals surface area contributed by atoms with Gasteiger partial charge in [0.1, 0.15) is 5.75 Å². The first-order valence-electron chi connectivity index (χ1n) is 9.52. The average molecular weight is 439 g/mol. The van der Waals surface area contributed by atoms with Gasteiger partial charge >= 0.3 is 5.91 Å². The van der Waals surface area contributed by atoms with Gasteiger partial charge in [0.05, 0.1) is 37.1 Å². The number of nitrogens with one attached hydrogen (secondary N) is 1. The molecule has 0 fully saturated rings. The Morgan fingerprint density at radius 3 is 2.58 bits per heavy atom. The lowest BCUT2D eigenvalue weighted by Crippen LogP contribution is -2.27. The van der Waals surface area contributed by atoms with E-state index in [4.69, 9.17) is 9.15 Å². The fourth-order valence-electron chi connectivity index (χ4n) is 3.58. The number of ether oxygens (including phenoxy) is 1. The molecule has 9 heteroatoms. The van der Waals surface area contributed by atoms with Crippen LogP contribution in [0.3, 0.4) is 0 Å². The molecule has 0 unspecified atom stereocenters. The molecule has 0 saturated carbocycles. The molecule has 3 aromatic rings. The molecule has 31 heavy (non-hydrogen) atoms. The molecular formula is C22H21N3O5S. The molecule has 0 spiro atoms. The minimum atomic E-state index is -3.52. The Morgan fingerprint density at radius 1 is 1.13 bits per heavy atom. The Balaban J connectivity index is 1.80. The number of sulfonamides is 1. The number of benzene rings is 2. The lowest BCUT2D eigenvalue weighted by Gasteiger charge is -2.23. The van der Waals surface area contributed by atoms with Crippen molar-refractivity contribution in [3.05, 3.63) is 83.8 Å². The van der Waals surface area contributed by atoms with Crippen LogP contribution in [0.15, 0.2) is 76.4 Å². The molecule has 2 heterocycles. The molecule has 0 bridgehead atoms. The van der Waals surface area contributed by atoms with Gasteiger partial charge in [-0.05, 0) is 30.3 Å². The topological polar surface area (TPSA) is 101 Å². The number of amides is 1. The van der Waals surface area contributed by atoms with Crippen LogP contribution in [0.25, 0.3) is 0 Å². The van der Waals surface area contributed by atoms with Crippen molar-refractivity contribution in [2.24, 2.45) is 5.10 Å². The number of nitrogens with zero attached hydrogens (tertiary/aromatic N) is 2. The highest BCUT2D eigenvalue weighted by Gasteiger charge is 2.36. The van der Waals surface area contributed by atoms with E-state index in [9.17, 15) is 13.2 Å². The second kappa shape index (κ2) is 8.27. The van der Waals surface area contributed by atoms with Gasteiger partial charge in [-0.25, -0.2) is 13.4 Å². The number of carbonyl (C=O) groups excluding carboxylic acids is 1. The molecule has 1 aliphatic rings. The maximum atomic E-state index is 13.2. The van der Waals surface area contributed by atoms with Crippen molar-refractivity contribution in [2.75, 3.05) is 18.1 Å². The minimum Gasteiger partial charge on any atom is -0.496 e. The number of hydrogen-bond acceptors (Lipinski definition) is 6. The zero-order chi connectivity index (χ0) is 22.0. The van der Waals surface area contributed by atoms with Crippen molar-refractivity contribution in [2.45, 2.75) is 12.5 Å². The fourth-order valence-corrected chi connectivity index (χ4v) is 4.16. The molecule has 1 atom stereocenters. The molecule has 1 N–H and O–H groups in total. The van der Waals surface area contributed by atoms with E-state index >= 15 is 0 Å². The summed E-state index contributed by atoms with van der Waals surface area (Å²) >= 11 is 0. The third kappa shape index (κ3) is 4.31. The van der Waals surface area contributed by atoms with E-state index < -0.39 is 22.0 Å². The molecule has 4 rings (SSSR count). The van der Waals surface area contributed by atoms with E-state index in [0.717, 1.165) is 11.8 Å². The van der Waals surface area contributed by atoms with Crippen molar-refractivity contribution >= 4 is 27.3 Å². The van der Waals surface area contributed by atoms with Gasteiger partial charge < -0.3 is 9.15 Å². The fraction of sp³-hybridized carbons (Fsp3) is 0.182. The molecule has 0 aliphatic carbocycles. The summed E-state index contributed by atoms with van der Waals surface area (Å²) in [6.07, 6.45) is 2.87. The minimum absolute atomic E-state index is 0.142. The zero-order valence-electron chi connectivity index (χ0n) is 17.0. The standard InChI is InChI=1S/C22H21N3O5S/c1-29-20-11-6-4-9-16(20)18-14-19(25(23-18)22(26)21-12-7-13-30-21)15-8-3-5-10-17(15)24-31(2,27)28/h3-13,19,24H,14H2,1-2H3/t19-/m1/s1. The second-order valence-corrected chi connectivity index (χ2v) is 8.80. The maximum absolute atomic E-state index is 13.2. The summed E-state index contributed by atoms with van der Waals surface area (Å²) < 4.78 is 37.1. The van der Waals surface area contributed by atoms with Gasteiger partial charge in [-0.1, -0.05) is 30.3 Å². The summed E-state index contributed by atoms with van der Waals surface area (Å²) in [6, 6.07) is 17.0. The summed E-state index contributed by atoms with van der Waals surface area (Å²) in [4.78, 5) is 13.2. The Bertz CT molecular complexity index is 1240. The molecule has 0 radical (unpaired) electrons. The summed E-state index contributed by atoms with van der Waals surface area (Å²) in [6.45, 7) is 0. The zero-order valence-corrected chi connectivity index (χ0v) is 17.8. The third-order valence-electron chi connectivity index (χ3n) is 4.88. The first-order chi connectivity index (χ1) is 14.9. The number of hydrazone groups is 1. The van der Waals surface area contributed by atoms with Crippen molar-refractivity contribution in [3.63, 3.8) is 0 Å². The van der Waals surface area contributed by atoms with E-state index in [-0.39, 0.29) is 5.76 Å². The van der Waals surface area contributed by atoms with Crippen LogP contribution < -0.4 is 9.46 Å². The SMILES string of the molecule is COc1ccccc1C1=NN(C(=O)c2ccco2)[C@@H](c2ccccc2NS(C)(=O)=O)C1. The van der Waals surface area contributed by atoms with Crippen LogP contribution >= 0.6 is 0 Å². The average Bonchev–Trinajstić information content (AvgIpc) is 3.43. The Morgan fingerprint density at radius 2 is 1.87 bits per heavy atom. The predicted octanol–water partition coefficient (Wildman–Crippen LogP) is 3.65. The smallest absolute Gasteiger partial charge is 0.310 e. The highest BCUT2D eigenvalue weighted by atomic mass is 32.2. The molecular weight excluding hydrogens is 418 g/mol. The van der Waals surface area contributed by atoms with E-state index in [1.807, 2.05) is 24.3 Å². The Labute approximate surface area is 180 Å². The molecule has 1 amide bonds. The Hall–Kier alpha value is -3.59.